The third kappa shape index (κ3) is 5.42. The van der Waals surface area contributed by atoms with Gasteiger partial charge in [-0.3, -0.25) is 14.7 Å². The number of ether oxygens (including phenoxy) is 1. The fourth-order valence-corrected chi connectivity index (χ4v) is 5.95. The van der Waals surface area contributed by atoms with Gasteiger partial charge in [-0.1, -0.05) is 48.0 Å². The monoisotopic (exact) mass is 565 g/mol. The highest BCUT2D eigenvalue weighted by Crippen LogP contribution is 2.45. The van der Waals surface area contributed by atoms with Gasteiger partial charge in [-0.2, -0.15) is 0 Å². The Morgan fingerprint density at radius 1 is 1.03 bits per heavy atom. The molecule has 0 spiro atoms. The molecular formula is C29H28ClN3O5S. The van der Waals surface area contributed by atoms with Crippen molar-refractivity contribution in [3.8, 4) is 5.75 Å². The molecule has 8 nitrogen and oxygen atoms in total. The second kappa shape index (κ2) is 10.8. The van der Waals surface area contributed by atoms with Crippen LogP contribution in [0.25, 0.3) is 0 Å². The van der Waals surface area contributed by atoms with Gasteiger partial charge in [-0.05, 0) is 53.9 Å². The Morgan fingerprint density at radius 2 is 1.77 bits per heavy atom. The fraction of sp³-hybridized carbons (Fsp3) is 0.276. The first-order valence-electron chi connectivity index (χ1n) is 12.5. The van der Waals surface area contributed by atoms with Gasteiger partial charge in [-0.15, -0.1) is 0 Å². The van der Waals surface area contributed by atoms with Crippen molar-refractivity contribution in [2.24, 2.45) is 4.99 Å². The molecule has 1 saturated heterocycles. The number of piperidine rings is 1. The summed E-state index contributed by atoms with van der Waals surface area (Å²) in [5, 5.41) is 0.505. The molecule has 0 aromatic heterocycles. The number of urea groups is 1. The van der Waals surface area contributed by atoms with Crippen molar-refractivity contribution >= 4 is 39.1 Å². The van der Waals surface area contributed by atoms with E-state index in [-0.39, 0.29) is 23.3 Å². The minimum Gasteiger partial charge on any atom is -0.496 e. The smallest absolute Gasteiger partial charge is 0.326 e. The van der Waals surface area contributed by atoms with Gasteiger partial charge in [0, 0.05) is 24.2 Å². The Morgan fingerprint density at radius 3 is 2.44 bits per heavy atom. The highest BCUT2D eigenvalue weighted by molar-refractivity contribution is 7.90. The first kappa shape index (κ1) is 26.9. The van der Waals surface area contributed by atoms with Crippen LogP contribution in [-0.2, 0) is 14.6 Å². The van der Waals surface area contributed by atoms with E-state index in [0.29, 0.717) is 41.6 Å². The third-order valence-corrected chi connectivity index (χ3v) is 8.35. The van der Waals surface area contributed by atoms with Gasteiger partial charge in [-0.25, -0.2) is 13.2 Å². The second-order valence-electron chi connectivity index (χ2n) is 9.66. The number of ketones is 1. The zero-order valence-electron chi connectivity index (χ0n) is 21.6. The summed E-state index contributed by atoms with van der Waals surface area (Å²) < 4.78 is 29.8. The molecule has 3 aromatic rings. The number of sulfone groups is 1. The van der Waals surface area contributed by atoms with Gasteiger partial charge in [0.1, 0.15) is 17.6 Å². The average Bonchev–Trinajstić information content (AvgIpc) is 3.32. The number of nitrogens with zero attached hydrogens (tertiary/aromatic N) is 3. The van der Waals surface area contributed by atoms with Crippen LogP contribution in [0.1, 0.15) is 41.6 Å². The van der Waals surface area contributed by atoms with E-state index in [9.17, 15) is 18.0 Å². The SMILES string of the molecule is COc1ccccc1C1=NC(c2ccc(S(C)(=O)=O)cc2)C(c2cccc(Cl)c2)N1C(=O)N1CCCC(=O)C1. The molecule has 2 unspecified atom stereocenters. The lowest BCUT2D eigenvalue weighted by atomic mass is 9.93. The molecule has 10 heteroatoms. The molecule has 2 amide bonds. The molecule has 2 aliphatic rings. The minimum atomic E-state index is -3.39. The van der Waals surface area contributed by atoms with Gasteiger partial charge < -0.3 is 9.64 Å². The van der Waals surface area contributed by atoms with Crippen molar-refractivity contribution in [1.82, 2.24) is 9.80 Å². The molecule has 1 fully saturated rings. The number of likely N-dealkylation sites (tertiary alicyclic amines) is 1. The second-order valence-corrected chi connectivity index (χ2v) is 12.1. The molecule has 0 saturated carbocycles. The van der Waals surface area contributed by atoms with Crippen LogP contribution in [0, 0.1) is 0 Å². The summed E-state index contributed by atoms with van der Waals surface area (Å²) in [5.41, 5.74) is 2.11. The van der Waals surface area contributed by atoms with Gasteiger partial charge in [0.15, 0.2) is 15.6 Å². The number of benzene rings is 3. The highest BCUT2D eigenvalue weighted by atomic mass is 35.5. The van der Waals surface area contributed by atoms with Crippen LogP contribution in [0.3, 0.4) is 0 Å². The third-order valence-electron chi connectivity index (χ3n) is 6.98. The molecule has 5 rings (SSSR count). The number of methoxy groups -OCH3 is 1. The van der Waals surface area contributed by atoms with Gasteiger partial charge in [0.2, 0.25) is 0 Å². The molecule has 0 aliphatic carbocycles. The van der Waals surface area contributed by atoms with Crippen molar-refractivity contribution in [1.29, 1.82) is 0 Å². The number of para-hydroxylation sites is 1. The van der Waals surface area contributed by atoms with Crippen LogP contribution in [0.2, 0.25) is 5.02 Å². The van der Waals surface area contributed by atoms with Gasteiger partial charge in [0.05, 0.1) is 30.2 Å². The number of rotatable bonds is 5. The number of hydrogen-bond donors (Lipinski definition) is 0. The van der Waals surface area contributed by atoms with Crippen molar-refractivity contribution in [2.45, 2.75) is 29.8 Å². The Labute approximate surface area is 232 Å². The summed E-state index contributed by atoms with van der Waals surface area (Å²) in [5.74, 6) is 0.955. The molecule has 39 heavy (non-hydrogen) atoms. The first-order valence-corrected chi connectivity index (χ1v) is 14.8. The van der Waals surface area contributed by atoms with Crippen LogP contribution in [0.5, 0.6) is 5.75 Å². The molecule has 0 bridgehead atoms. The summed E-state index contributed by atoms with van der Waals surface area (Å²) >= 11 is 6.40. The van der Waals surface area contributed by atoms with Crippen molar-refractivity contribution in [2.75, 3.05) is 26.5 Å². The van der Waals surface area contributed by atoms with Crippen LogP contribution >= 0.6 is 11.6 Å². The van der Waals surface area contributed by atoms with Crippen LogP contribution in [0.15, 0.2) is 82.7 Å². The predicted molar refractivity (Wildman–Crippen MR) is 149 cm³/mol. The zero-order valence-corrected chi connectivity index (χ0v) is 23.2. The van der Waals surface area contributed by atoms with E-state index in [0.717, 1.165) is 17.4 Å². The van der Waals surface area contributed by atoms with Crippen molar-refractivity contribution in [3.63, 3.8) is 0 Å². The molecular weight excluding hydrogens is 538 g/mol. The van der Waals surface area contributed by atoms with E-state index in [1.165, 1.54) is 0 Å². The molecule has 2 heterocycles. The van der Waals surface area contributed by atoms with Crippen molar-refractivity contribution in [3.05, 3.63) is 94.5 Å². The molecule has 0 N–H and O–H groups in total. The molecule has 202 valence electrons. The maximum absolute atomic E-state index is 14.2. The number of hydrogen-bond acceptors (Lipinski definition) is 6. The maximum atomic E-state index is 14.2. The number of amides is 2. The lowest BCUT2D eigenvalue weighted by Crippen LogP contribution is -2.50. The lowest BCUT2D eigenvalue weighted by Gasteiger charge is -2.35. The Kier molecular flexibility index (Phi) is 7.46. The van der Waals surface area contributed by atoms with Crippen molar-refractivity contribution < 1.29 is 22.7 Å². The first-order chi connectivity index (χ1) is 18.7. The highest BCUT2D eigenvalue weighted by Gasteiger charge is 2.45. The van der Waals surface area contributed by atoms with Gasteiger partial charge in [0.25, 0.3) is 0 Å². The van der Waals surface area contributed by atoms with Crippen LogP contribution in [0.4, 0.5) is 4.79 Å². The van der Waals surface area contributed by atoms with E-state index in [1.807, 2.05) is 30.3 Å². The fourth-order valence-electron chi connectivity index (χ4n) is 5.12. The normalized spacial score (nSPS) is 19.7. The van der Waals surface area contributed by atoms with E-state index in [1.54, 1.807) is 59.4 Å². The number of halogens is 1. The summed E-state index contributed by atoms with van der Waals surface area (Å²) in [6.45, 7) is 0.487. The number of carbonyl (C=O) groups excluding carboxylic acids is 2. The summed E-state index contributed by atoms with van der Waals surface area (Å²) in [7, 11) is -1.84. The average molecular weight is 566 g/mol. The number of carbonyl (C=O) groups is 2. The predicted octanol–water partition coefficient (Wildman–Crippen LogP) is 5.08. The lowest BCUT2D eigenvalue weighted by molar-refractivity contribution is -0.121. The van der Waals surface area contributed by atoms with Crippen LogP contribution in [-0.4, -0.2) is 62.3 Å². The Balaban J connectivity index is 1.70. The summed E-state index contributed by atoms with van der Waals surface area (Å²) in [4.78, 5) is 35.0. The quantitative estimate of drug-likeness (QED) is 0.430. The van der Waals surface area contributed by atoms with E-state index >= 15 is 0 Å². The molecule has 2 aliphatic heterocycles. The largest absolute Gasteiger partial charge is 0.496 e. The minimum absolute atomic E-state index is 0.0109. The maximum Gasteiger partial charge on any atom is 0.326 e. The number of aliphatic imine (C=N–C) groups is 1. The molecule has 3 aromatic carbocycles. The topological polar surface area (TPSA) is 96.3 Å². The van der Waals surface area contributed by atoms with Gasteiger partial charge >= 0.3 is 6.03 Å². The number of amidine groups is 1. The van der Waals surface area contributed by atoms with E-state index < -0.39 is 21.9 Å². The molecule has 2 atom stereocenters. The summed E-state index contributed by atoms with van der Waals surface area (Å²) in [6, 6.07) is 19.6. The molecule has 0 radical (unpaired) electrons. The summed E-state index contributed by atoms with van der Waals surface area (Å²) in [6.07, 6.45) is 2.20. The Bertz CT molecular complexity index is 1560. The number of Topliss-reactive ketones (excluding diaryl/α,β-unsaturated/α-hetero) is 1. The standard InChI is InChI=1S/C29H28ClN3O5S/c1-38-25-11-4-3-10-24(25)28-31-26(19-12-14-23(15-13-19)39(2,36)37)27(20-7-5-8-21(30)17-20)33(28)29(35)32-16-6-9-22(34)18-32/h3-5,7-8,10-15,17,26-27H,6,9,16,18H2,1-2H3. The van der Waals surface area contributed by atoms with E-state index in [4.69, 9.17) is 21.3 Å². The zero-order chi connectivity index (χ0) is 27.7. The van der Waals surface area contributed by atoms with Crippen LogP contribution < -0.4 is 4.74 Å². The Hall–Kier alpha value is -3.69. The van der Waals surface area contributed by atoms with E-state index in [2.05, 4.69) is 0 Å².